The Balaban J connectivity index is 1.54. The van der Waals surface area contributed by atoms with Crippen LogP contribution in [0.15, 0.2) is 42.1 Å². The van der Waals surface area contributed by atoms with Crippen molar-refractivity contribution in [1.29, 1.82) is 5.26 Å². The van der Waals surface area contributed by atoms with Crippen molar-refractivity contribution >= 4 is 5.91 Å². The van der Waals surface area contributed by atoms with Crippen LogP contribution in [0.3, 0.4) is 0 Å². The summed E-state index contributed by atoms with van der Waals surface area (Å²) < 4.78 is 0. The van der Waals surface area contributed by atoms with Gasteiger partial charge in [0.25, 0.3) is 5.91 Å². The molecule has 0 aromatic heterocycles. The quantitative estimate of drug-likeness (QED) is 0.617. The van der Waals surface area contributed by atoms with Crippen LogP contribution in [0.5, 0.6) is 0 Å². The van der Waals surface area contributed by atoms with Crippen molar-refractivity contribution in [1.82, 2.24) is 14.7 Å². The molecule has 1 aromatic rings. The highest BCUT2D eigenvalue weighted by Gasteiger charge is 2.25. The van der Waals surface area contributed by atoms with E-state index in [1.165, 1.54) is 12.0 Å². The minimum absolute atomic E-state index is 0.120. The van der Waals surface area contributed by atoms with Gasteiger partial charge in [-0.2, -0.15) is 5.26 Å². The van der Waals surface area contributed by atoms with E-state index in [1.54, 1.807) is 6.20 Å². The van der Waals surface area contributed by atoms with E-state index < -0.39 is 0 Å². The Bertz CT molecular complexity index is 671. The molecule has 2 aliphatic heterocycles. The van der Waals surface area contributed by atoms with Gasteiger partial charge < -0.3 is 9.80 Å². The molecule has 0 bridgehead atoms. The first-order valence-electron chi connectivity index (χ1n) is 9.57. The first-order valence-corrected chi connectivity index (χ1v) is 9.57. The number of hydrogen-bond donors (Lipinski definition) is 0. The van der Waals surface area contributed by atoms with E-state index in [2.05, 4.69) is 47.1 Å². The van der Waals surface area contributed by atoms with Gasteiger partial charge in [0, 0.05) is 52.0 Å². The van der Waals surface area contributed by atoms with Gasteiger partial charge in [-0.05, 0) is 24.3 Å². The monoisotopic (exact) mass is 352 g/mol. The molecule has 2 saturated heterocycles. The van der Waals surface area contributed by atoms with Crippen molar-refractivity contribution in [2.24, 2.45) is 5.92 Å². The van der Waals surface area contributed by atoms with Crippen molar-refractivity contribution in [2.75, 3.05) is 39.3 Å². The maximum atomic E-state index is 12.7. The molecule has 0 radical (unpaired) electrons. The number of benzene rings is 1. The standard InChI is InChI=1S/C21H28N4O/c1-18-6-5-9-24(15-18)17-20(14-22)21(26)25-12-10-23(11-13-25)16-19-7-3-2-4-8-19/h2-4,7-8,17-18H,5-6,9-13,15-16H2,1H3/b20-17-. The van der Waals surface area contributed by atoms with Gasteiger partial charge in [-0.1, -0.05) is 37.3 Å². The van der Waals surface area contributed by atoms with Crippen LogP contribution in [0.4, 0.5) is 0 Å². The highest BCUT2D eigenvalue weighted by molar-refractivity contribution is 5.97. The summed E-state index contributed by atoms with van der Waals surface area (Å²) in [5.41, 5.74) is 1.57. The number of amides is 1. The molecule has 0 saturated carbocycles. The fraction of sp³-hybridized carbons (Fsp3) is 0.524. The number of likely N-dealkylation sites (tertiary alicyclic amines) is 1. The van der Waals surface area contributed by atoms with Crippen LogP contribution in [-0.2, 0) is 11.3 Å². The van der Waals surface area contributed by atoms with Crippen LogP contribution in [0.2, 0.25) is 0 Å². The Hall–Kier alpha value is -2.32. The summed E-state index contributed by atoms with van der Waals surface area (Å²) in [6.45, 7) is 8.06. The lowest BCUT2D eigenvalue weighted by Crippen LogP contribution is -2.48. The second-order valence-corrected chi connectivity index (χ2v) is 7.45. The van der Waals surface area contributed by atoms with Gasteiger partial charge in [0.15, 0.2) is 0 Å². The number of nitriles is 1. The number of carbonyl (C=O) groups is 1. The largest absolute Gasteiger partial charge is 0.376 e. The number of nitrogens with zero attached hydrogens (tertiary/aromatic N) is 4. The predicted molar refractivity (Wildman–Crippen MR) is 102 cm³/mol. The number of piperazine rings is 1. The van der Waals surface area contributed by atoms with Gasteiger partial charge in [-0.15, -0.1) is 0 Å². The van der Waals surface area contributed by atoms with Gasteiger partial charge in [0.05, 0.1) is 0 Å². The molecule has 0 N–H and O–H groups in total. The number of rotatable bonds is 4. The van der Waals surface area contributed by atoms with E-state index >= 15 is 0 Å². The number of hydrogen-bond acceptors (Lipinski definition) is 4. The van der Waals surface area contributed by atoms with E-state index in [1.807, 2.05) is 11.0 Å². The molecule has 26 heavy (non-hydrogen) atoms. The third kappa shape index (κ3) is 4.86. The Labute approximate surface area is 156 Å². The summed E-state index contributed by atoms with van der Waals surface area (Å²) >= 11 is 0. The molecular weight excluding hydrogens is 324 g/mol. The zero-order valence-corrected chi connectivity index (χ0v) is 15.6. The normalized spacial score (nSPS) is 22.2. The summed E-state index contributed by atoms with van der Waals surface area (Å²) in [6.07, 6.45) is 4.14. The molecule has 1 amide bonds. The second-order valence-electron chi connectivity index (χ2n) is 7.45. The minimum Gasteiger partial charge on any atom is -0.376 e. The first-order chi connectivity index (χ1) is 12.7. The fourth-order valence-corrected chi connectivity index (χ4v) is 3.78. The van der Waals surface area contributed by atoms with Gasteiger partial charge >= 0.3 is 0 Å². The highest BCUT2D eigenvalue weighted by atomic mass is 16.2. The third-order valence-electron chi connectivity index (χ3n) is 5.26. The Morgan fingerprint density at radius 3 is 2.58 bits per heavy atom. The van der Waals surface area contributed by atoms with Crippen LogP contribution < -0.4 is 0 Å². The lowest BCUT2D eigenvalue weighted by atomic mass is 10.0. The van der Waals surface area contributed by atoms with Crippen molar-refractivity contribution in [2.45, 2.75) is 26.3 Å². The molecule has 2 heterocycles. The lowest BCUT2D eigenvalue weighted by Gasteiger charge is -2.35. The van der Waals surface area contributed by atoms with E-state index in [0.29, 0.717) is 19.0 Å². The average Bonchev–Trinajstić information content (AvgIpc) is 2.67. The van der Waals surface area contributed by atoms with Gasteiger partial charge in [-0.3, -0.25) is 9.69 Å². The molecule has 1 unspecified atom stereocenters. The van der Waals surface area contributed by atoms with Crippen LogP contribution >= 0.6 is 0 Å². The first kappa shape index (κ1) is 18.5. The summed E-state index contributed by atoms with van der Waals surface area (Å²) in [7, 11) is 0. The van der Waals surface area contributed by atoms with Gasteiger partial charge in [-0.25, -0.2) is 0 Å². The molecule has 0 spiro atoms. The van der Waals surface area contributed by atoms with Gasteiger partial charge in [0.2, 0.25) is 0 Å². The number of piperidine rings is 1. The van der Waals surface area contributed by atoms with Gasteiger partial charge in [0.1, 0.15) is 11.6 Å². The van der Waals surface area contributed by atoms with Crippen LogP contribution in [-0.4, -0.2) is 59.9 Å². The van der Waals surface area contributed by atoms with E-state index in [0.717, 1.165) is 39.1 Å². The summed E-state index contributed by atoms with van der Waals surface area (Å²) in [5, 5.41) is 9.47. The van der Waals surface area contributed by atoms with E-state index in [4.69, 9.17) is 0 Å². The average molecular weight is 352 g/mol. The Morgan fingerprint density at radius 1 is 1.19 bits per heavy atom. The number of carbonyl (C=O) groups excluding carboxylic acids is 1. The molecule has 2 aliphatic rings. The van der Waals surface area contributed by atoms with Crippen molar-refractivity contribution in [3.05, 3.63) is 47.7 Å². The smallest absolute Gasteiger partial charge is 0.266 e. The molecule has 1 atom stereocenters. The van der Waals surface area contributed by atoms with Crippen molar-refractivity contribution in [3.8, 4) is 6.07 Å². The Kier molecular flexibility index (Phi) is 6.30. The van der Waals surface area contributed by atoms with Crippen LogP contribution in [0, 0.1) is 17.2 Å². The van der Waals surface area contributed by atoms with E-state index in [-0.39, 0.29) is 11.5 Å². The molecule has 5 nitrogen and oxygen atoms in total. The maximum absolute atomic E-state index is 12.7. The SMILES string of the molecule is CC1CCCN(/C=C(/C#N)C(=O)N2CCN(Cc3ccccc3)CC2)C1. The van der Waals surface area contributed by atoms with Crippen molar-refractivity contribution < 1.29 is 4.79 Å². The molecule has 1 aromatic carbocycles. The zero-order valence-electron chi connectivity index (χ0n) is 15.6. The second kappa shape index (κ2) is 8.86. The lowest BCUT2D eigenvalue weighted by molar-refractivity contribution is -0.128. The third-order valence-corrected chi connectivity index (χ3v) is 5.26. The molecule has 3 rings (SSSR count). The van der Waals surface area contributed by atoms with Crippen LogP contribution in [0.25, 0.3) is 0 Å². The highest BCUT2D eigenvalue weighted by Crippen LogP contribution is 2.17. The minimum atomic E-state index is -0.120. The molecule has 5 heteroatoms. The summed E-state index contributed by atoms with van der Waals surface area (Å²) in [4.78, 5) is 19.1. The topological polar surface area (TPSA) is 50.6 Å². The summed E-state index contributed by atoms with van der Waals surface area (Å²) in [5.74, 6) is 0.502. The fourth-order valence-electron chi connectivity index (χ4n) is 3.78. The maximum Gasteiger partial charge on any atom is 0.266 e. The molecule has 0 aliphatic carbocycles. The summed E-state index contributed by atoms with van der Waals surface area (Å²) in [6, 6.07) is 12.5. The predicted octanol–water partition coefficient (Wildman–Crippen LogP) is 2.47. The molecular formula is C21H28N4O. The van der Waals surface area contributed by atoms with E-state index in [9.17, 15) is 10.1 Å². The Morgan fingerprint density at radius 2 is 1.92 bits per heavy atom. The molecule has 138 valence electrons. The van der Waals surface area contributed by atoms with Crippen LogP contribution in [0.1, 0.15) is 25.3 Å². The van der Waals surface area contributed by atoms with Crippen molar-refractivity contribution in [3.63, 3.8) is 0 Å². The molecule has 2 fully saturated rings. The zero-order chi connectivity index (χ0) is 18.4.